The number of aliphatic hydroxyl groups excluding tert-OH is 1. The van der Waals surface area contributed by atoms with Gasteiger partial charge in [0.1, 0.15) is 0 Å². The van der Waals surface area contributed by atoms with E-state index in [-0.39, 0.29) is 23.5 Å². The number of anilines is 2. The second-order valence-electron chi connectivity index (χ2n) is 8.88. The molecule has 3 heterocycles. The van der Waals surface area contributed by atoms with Crippen LogP contribution in [-0.4, -0.2) is 73.0 Å². The number of nitrogens with one attached hydrogen (secondary N) is 1. The number of carbonyl (C=O) groups is 2. The van der Waals surface area contributed by atoms with Gasteiger partial charge in [0.25, 0.3) is 0 Å². The van der Waals surface area contributed by atoms with Crippen molar-refractivity contribution in [3.05, 3.63) is 12.3 Å². The summed E-state index contributed by atoms with van der Waals surface area (Å²) in [5.41, 5.74) is 0.103. The Morgan fingerprint density at radius 3 is 2.71 bits per heavy atom. The van der Waals surface area contributed by atoms with Crippen LogP contribution in [0.3, 0.4) is 0 Å². The SMILES string of the molecule is COC(=O)Nc1cnc(N2CCC[C@@]3(CCN(C4CCC(O)CC4)C3=O)C2)c(OC)c1. The first-order valence-corrected chi connectivity index (χ1v) is 11.1. The lowest BCUT2D eigenvalue weighted by Gasteiger charge is -2.41. The molecule has 4 rings (SSSR count). The highest BCUT2D eigenvalue weighted by Crippen LogP contribution is 2.44. The summed E-state index contributed by atoms with van der Waals surface area (Å²) in [4.78, 5) is 33.8. The minimum atomic E-state index is -0.569. The molecule has 2 aliphatic heterocycles. The monoisotopic (exact) mass is 432 g/mol. The number of pyridine rings is 1. The second kappa shape index (κ2) is 8.90. The molecule has 31 heavy (non-hydrogen) atoms. The van der Waals surface area contributed by atoms with E-state index in [4.69, 9.17) is 4.74 Å². The van der Waals surface area contributed by atoms with Crippen LogP contribution in [-0.2, 0) is 9.53 Å². The Hall–Kier alpha value is -2.55. The normalized spacial score (nSPS) is 28.7. The van der Waals surface area contributed by atoms with Crippen molar-refractivity contribution in [3.63, 3.8) is 0 Å². The Balaban J connectivity index is 1.49. The number of likely N-dealkylation sites (tertiary alicyclic amines) is 1. The molecule has 1 spiro atoms. The zero-order valence-corrected chi connectivity index (χ0v) is 18.3. The van der Waals surface area contributed by atoms with Crippen molar-refractivity contribution >= 4 is 23.5 Å². The van der Waals surface area contributed by atoms with Crippen molar-refractivity contribution in [1.82, 2.24) is 9.88 Å². The highest BCUT2D eigenvalue weighted by atomic mass is 16.5. The number of aliphatic hydroxyl groups is 1. The van der Waals surface area contributed by atoms with Crippen LogP contribution in [0.4, 0.5) is 16.3 Å². The molecular weight excluding hydrogens is 400 g/mol. The first-order chi connectivity index (χ1) is 15.0. The molecule has 1 atom stereocenters. The molecule has 0 radical (unpaired) electrons. The van der Waals surface area contributed by atoms with Gasteiger partial charge in [-0.05, 0) is 44.9 Å². The van der Waals surface area contributed by atoms with E-state index in [0.29, 0.717) is 23.8 Å². The van der Waals surface area contributed by atoms with Gasteiger partial charge in [0, 0.05) is 31.7 Å². The van der Waals surface area contributed by atoms with Crippen LogP contribution >= 0.6 is 0 Å². The summed E-state index contributed by atoms with van der Waals surface area (Å²) in [6.07, 6.45) is 6.77. The van der Waals surface area contributed by atoms with Crippen LogP contribution in [0.25, 0.3) is 0 Å². The molecule has 9 heteroatoms. The molecular formula is C22H32N4O5. The lowest BCUT2D eigenvalue weighted by molar-refractivity contribution is -0.139. The van der Waals surface area contributed by atoms with Gasteiger partial charge in [-0.2, -0.15) is 0 Å². The van der Waals surface area contributed by atoms with E-state index in [0.717, 1.165) is 58.0 Å². The minimum absolute atomic E-state index is 0.219. The van der Waals surface area contributed by atoms with Crippen molar-refractivity contribution in [2.45, 2.75) is 57.1 Å². The molecule has 1 saturated carbocycles. The van der Waals surface area contributed by atoms with E-state index in [9.17, 15) is 14.7 Å². The molecule has 2 amide bonds. The molecule has 9 nitrogen and oxygen atoms in total. The standard InChI is InChI=1S/C22H32N4O5/c1-30-18-12-15(24-21(29)31-2)13-23-19(18)25-10-3-8-22(14-25)9-11-26(20(22)28)16-4-6-17(27)7-5-16/h12-13,16-17,27H,3-11,14H2,1-2H3,(H,24,29)/t16?,17?,22-/m1/s1. The Morgan fingerprint density at radius 2 is 2.00 bits per heavy atom. The average Bonchev–Trinajstić information content (AvgIpc) is 3.09. The topological polar surface area (TPSA) is 104 Å². The van der Waals surface area contributed by atoms with E-state index < -0.39 is 6.09 Å². The Kier molecular flexibility index (Phi) is 6.22. The van der Waals surface area contributed by atoms with Crippen molar-refractivity contribution in [1.29, 1.82) is 0 Å². The van der Waals surface area contributed by atoms with Crippen molar-refractivity contribution in [3.8, 4) is 5.75 Å². The van der Waals surface area contributed by atoms with Gasteiger partial charge in [0.05, 0.1) is 37.6 Å². The number of methoxy groups -OCH3 is 2. The molecule has 170 valence electrons. The Bertz CT molecular complexity index is 826. The van der Waals surface area contributed by atoms with Crippen LogP contribution in [0.15, 0.2) is 12.3 Å². The molecule has 2 N–H and O–H groups in total. The van der Waals surface area contributed by atoms with Crippen molar-refractivity contribution in [2.75, 3.05) is 44.1 Å². The van der Waals surface area contributed by atoms with Gasteiger partial charge in [-0.3, -0.25) is 10.1 Å². The van der Waals surface area contributed by atoms with Crippen molar-refractivity contribution in [2.24, 2.45) is 5.41 Å². The van der Waals surface area contributed by atoms with E-state index in [1.165, 1.54) is 7.11 Å². The van der Waals surface area contributed by atoms with E-state index >= 15 is 0 Å². The molecule has 3 fully saturated rings. The number of aromatic nitrogens is 1. The van der Waals surface area contributed by atoms with Gasteiger partial charge in [-0.1, -0.05) is 0 Å². The predicted molar refractivity (Wildman–Crippen MR) is 115 cm³/mol. The molecule has 2 saturated heterocycles. The van der Waals surface area contributed by atoms with Gasteiger partial charge in [-0.25, -0.2) is 9.78 Å². The van der Waals surface area contributed by atoms with Gasteiger partial charge in [-0.15, -0.1) is 0 Å². The maximum Gasteiger partial charge on any atom is 0.411 e. The van der Waals surface area contributed by atoms with E-state index in [2.05, 4.69) is 24.8 Å². The maximum atomic E-state index is 13.5. The lowest BCUT2D eigenvalue weighted by Crippen LogP contribution is -2.50. The molecule has 0 bridgehead atoms. The zero-order chi connectivity index (χ0) is 22.0. The number of carbonyl (C=O) groups excluding carboxylic acids is 2. The van der Waals surface area contributed by atoms with E-state index in [1.807, 2.05) is 0 Å². The van der Waals surface area contributed by atoms with E-state index in [1.54, 1.807) is 19.4 Å². The van der Waals surface area contributed by atoms with Crippen LogP contribution in [0.2, 0.25) is 0 Å². The van der Waals surface area contributed by atoms with Gasteiger partial charge in [0.15, 0.2) is 11.6 Å². The third-order valence-corrected chi connectivity index (χ3v) is 7.01. The van der Waals surface area contributed by atoms with Gasteiger partial charge < -0.3 is 24.4 Å². The molecule has 1 aromatic heterocycles. The molecule has 0 unspecified atom stereocenters. The largest absolute Gasteiger partial charge is 0.493 e. The molecule has 3 aliphatic rings. The Labute approximate surface area is 182 Å². The number of hydrogen-bond acceptors (Lipinski definition) is 7. The van der Waals surface area contributed by atoms with Crippen LogP contribution in [0.1, 0.15) is 44.9 Å². The number of nitrogens with zero attached hydrogens (tertiary/aromatic N) is 3. The zero-order valence-electron chi connectivity index (χ0n) is 18.3. The summed E-state index contributed by atoms with van der Waals surface area (Å²) >= 11 is 0. The van der Waals surface area contributed by atoms with Crippen LogP contribution in [0, 0.1) is 5.41 Å². The fourth-order valence-electron chi connectivity index (χ4n) is 5.32. The highest BCUT2D eigenvalue weighted by molar-refractivity contribution is 5.87. The number of piperidine rings is 1. The van der Waals surface area contributed by atoms with Crippen LogP contribution in [0.5, 0.6) is 5.75 Å². The quantitative estimate of drug-likeness (QED) is 0.753. The number of ether oxygens (including phenoxy) is 2. The fraction of sp³-hybridized carbons (Fsp3) is 0.682. The molecule has 0 aromatic carbocycles. The first kappa shape index (κ1) is 21.7. The van der Waals surface area contributed by atoms with Gasteiger partial charge in [0.2, 0.25) is 5.91 Å². The average molecular weight is 433 g/mol. The summed E-state index contributed by atoms with van der Waals surface area (Å²) < 4.78 is 10.2. The maximum absolute atomic E-state index is 13.5. The highest BCUT2D eigenvalue weighted by Gasteiger charge is 2.51. The smallest absolute Gasteiger partial charge is 0.411 e. The minimum Gasteiger partial charge on any atom is -0.493 e. The van der Waals surface area contributed by atoms with Crippen LogP contribution < -0.4 is 15.0 Å². The Morgan fingerprint density at radius 1 is 1.23 bits per heavy atom. The fourth-order valence-corrected chi connectivity index (χ4v) is 5.32. The summed E-state index contributed by atoms with van der Waals surface area (Å²) in [6.45, 7) is 2.21. The third kappa shape index (κ3) is 4.28. The number of rotatable bonds is 4. The summed E-state index contributed by atoms with van der Waals surface area (Å²) in [7, 11) is 2.88. The summed E-state index contributed by atoms with van der Waals surface area (Å²) in [5.74, 6) is 1.49. The second-order valence-corrected chi connectivity index (χ2v) is 8.88. The van der Waals surface area contributed by atoms with Gasteiger partial charge >= 0.3 is 6.09 Å². The lowest BCUT2D eigenvalue weighted by atomic mass is 9.78. The molecule has 1 aromatic rings. The third-order valence-electron chi connectivity index (χ3n) is 7.01. The first-order valence-electron chi connectivity index (χ1n) is 11.1. The molecule has 1 aliphatic carbocycles. The predicted octanol–water partition coefficient (Wildman–Crippen LogP) is 2.39. The summed E-state index contributed by atoms with van der Waals surface area (Å²) in [5, 5.41) is 12.4. The van der Waals surface area contributed by atoms with Crippen molar-refractivity contribution < 1.29 is 24.2 Å². The number of hydrogen-bond donors (Lipinski definition) is 2. The number of amides is 2. The summed E-state index contributed by atoms with van der Waals surface area (Å²) in [6, 6.07) is 1.97.